The van der Waals surface area contributed by atoms with E-state index in [4.69, 9.17) is 9.47 Å². The summed E-state index contributed by atoms with van der Waals surface area (Å²) in [6.45, 7) is 11.5. The zero-order valence-corrected chi connectivity index (χ0v) is 20.2. The fourth-order valence-corrected chi connectivity index (χ4v) is 6.25. The standard InChI is InChI=1S/C23H34NO6P/c1-7-17-15(5)19-12-30-23(27)20(19)21(25)18(17)11-10-14(4)13-31(28,9-3)24-16(6)22(26)29-8-2/h10,16,25H,7-9,11-13H2,1-6H3,(H,24,28)/b14-10+/t16-,31?/m0/s1. The number of allylic oxidation sites excluding steroid dienone is 2. The Kier molecular flexibility index (Phi) is 8.49. The first kappa shape index (κ1) is 25.2. The van der Waals surface area contributed by atoms with E-state index in [-0.39, 0.29) is 24.5 Å². The molecule has 2 atom stereocenters. The normalized spacial score (nSPS) is 16.5. The van der Waals surface area contributed by atoms with Gasteiger partial charge in [-0.05, 0) is 51.7 Å². The Balaban J connectivity index is 2.24. The number of nitrogens with one attached hydrogen (secondary N) is 1. The first-order valence-electron chi connectivity index (χ1n) is 10.8. The van der Waals surface area contributed by atoms with Crippen molar-refractivity contribution in [2.45, 2.75) is 67.0 Å². The van der Waals surface area contributed by atoms with E-state index in [1.165, 1.54) is 0 Å². The van der Waals surface area contributed by atoms with E-state index >= 15 is 0 Å². The molecule has 0 radical (unpaired) electrons. The summed E-state index contributed by atoms with van der Waals surface area (Å²) < 4.78 is 23.4. The smallest absolute Gasteiger partial charge is 0.342 e. The number of ether oxygens (including phenoxy) is 2. The van der Waals surface area contributed by atoms with Gasteiger partial charge in [-0.25, -0.2) is 4.79 Å². The number of phenolic OH excluding ortho intramolecular Hbond substituents is 1. The topological polar surface area (TPSA) is 102 Å². The van der Waals surface area contributed by atoms with Gasteiger partial charge in [-0.2, -0.15) is 0 Å². The minimum atomic E-state index is -2.83. The molecule has 1 aromatic carbocycles. The van der Waals surface area contributed by atoms with Crippen molar-refractivity contribution in [3.05, 3.63) is 39.5 Å². The van der Waals surface area contributed by atoms with Gasteiger partial charge in [0.1, 0.15) is 24.0 Å². The lowest BCUT2D eigenvalue weighted by molar-refractivity contribution is -0.144. The molecule has 0 saturated carbocycles. The summed E-state index contributed by atoms with van der Waals surface area (Å²) >= 11 is 0. The summed E-state index contributed by atoms with van der Waals surface area (Å²) in [6, 6.07) is -0.653. The second-order valence-electron chi connectivity index (χ2n) is 7.94. The Bertz CT molecular complexity index is 937. The predicted octanol–water partition coefficient (Wildman–Crippen LogP) is 4.26. The second kappa shape index (κ2) is 10.5. The number of esters is 2. The maximum atomic E-state index is 13.3. The van der Waals surface area contributed by atoms with Crippen LogP contribution >= 0.6 is 7.29 Å². The zero-order chi connectivity index (χ0) is 23.3. The van der Waals surface area contributed by atoms with Gasteiger partial charge in [-0.3, -0.25) is 9.88 Å². The average Bonchev–Trinajstić information content (AvgIpc) is 3.11. The molecule has 0 spiro atoms. The van der Waals surface area contributed by atoms with Gasteiger partial charge in [0.25, 0.3) is 0 Å². The predicted molar refractivity (Wildman–Crippen MR) is 121 cm³/mol. The molecule has 1 aliphatic heterocycles. The Labute approximate surface area is 184 Å². The van der Waals surface area contributed by atoms with Crippen molar-refractivity contribution in [3.8, 4) is 5.75 Å². The van der Waals surface area contributed by atoms with E-state index in [2.05, 4.69) is 5.09 Å². The summed E-state index contributed by atoms with van der Waals surface area (Å²) in [5.41, 5.74) is 4.60. The van der Waals surface area contributed by atoms with E-state index in [1.54, 1.807) is 13.8 Å². The van der Waals surface area contributed by atoms with Crippen molar-refractivity contribution in [1.29, 1.82) is 0 Å². The van der Waals surface area contributed by atoms with Crippen molar-refractivity contribution in [2.24, 2.45) is 0 Å². The van der Waals surface area contributed by atoms with Gasteiger partial charge >= 0.3 is 11.9 Å². The number of fused-ring (bicyclic) bond motifs is 1. The molecule has 1 unspecified atom stereocenters. The van der Waals surface area contributed by atoms with Gasteiger partial charge in [-0.1, -0.05) is 25.5 Å². The molecule has 0 aliphatic carbocycles. The van der Waals surface area contributed by atoms with Crippen LogP contribution in [0.25, 0.3) is 0 Å². The highest BCUT2D eigenvalue weighted by atomic mass is 31.2. The fraction of sp³-hybridized carbons (Fsp3) is 0.565. The number of rotatable bonds is 10. The number of carbonyl (C=O) groups excluding carboxylic acids is 2. The van der Waals surface area contributed by atoms with E-state index < -0.39 is 25.3 Å². The molecular formula is C23H34NO6P. The molecule has 31 heavy (non-hydrogen) atoms. The fourth-order valence-electron chi connectivity index (χ4n) is 4.01. The zero-order valence-electron chi connectivity index (χ0n) is 19.3. The molecule has 0 bridgehead atoms. The molecule has 8 heteroatoms. The van der Waals surface area contributed by atoms with Crippen molar-refractivity contribution in [1.82, 2.24) is 5.09 Å². The molecule has 1 aliphatic rings. The number of benzene rings is 1. The Morgan fingerprint density at radius 1 is 1.32 bits per heavy atom. The largest absolute Gasteiger partial charge is 0.507 e. The Morgan fingerprint density at radius 2 is 2.00 bits per heavy atom. The lowest BCUT2D eigenvalue weighted by atomic mass is 9.89. The molecule has 172 valence electrons. The number of hydrogen-bond donors (Lipinski definition) is 2. The number of aromatic hydroxyl groups is 1. The average molecular weight is 452 g/mol. The monoisotopic (exact) mass is 451 g/mol. The molecule has 2 rings (SSSR count). The van der Waals surface area contributed by atoms with Crippen LogP contribution in [-0.4, -0.2) is 42.0 Å². The highest BCUT2D eigenvalue weighted by Gasteiger charge is 2.31. The van der Waals surface area contributed by atoms with Crippen LogP contribution in [0.5, 0.6) is 5.75 Å². The van der Waals surface area contributed by atoms with Crippen LogP contribution in [-0.2, 0) is 38.3 Å². The number of hydrogen-bond acceptors (Lipinski definition) is 6. The Morgan fingerprint density at radius 3 is 2.58 bits per heavy atom. The van der Waals surface area contributed by atoms with Crippen molar-refractivity contribution in [2.75, 3.05) is 18.9 Å². The van der Waals surface area contributed by atoms with Gasteiger partial charge in [0.2, 0.25) is 0 Å². The molecule has 2 N–H and O–H groups in total. The second-order valence-corrected chi connectivity index (χ2v) is 10.9. The van der Waals surface area contributed by atoms with Crippen LogP contribution < -0.4 is 5.09 Å². The highest BCUT2D eigenvalue weighted by molar-refractivity contribution is 7.62. The van der Waals surface area contributed by atoms with Crippen LogP contribution in [0.15, 0.2) is 11.6 Å². The summed E-state index contributed by atoms with van der Waals surface area (Å²) in [6.07, 6.45) is 3.77. The molecular weight excluding hydrogens is 417 g/mol. The van der Waals surface area contributed by atoms with E-state index in [0.717, 1.165) is 28.7 Å². The van der Waals surface area contributed by atoms with Gasteiger partial charge in [0, 0.05) is 23.5 Å². The van der Waals surface area contributed by atoms with Gasteiger partial charge in [0.15, 0.2) is 7.29 Å². The van der Waals surface area contributed by atoms with Crippen LogP contribution in [0, 0.1) is 6.92 Å². The molecule has 0 aromatic heterocycles. The summed E-state index contributed by atoms with van der Waals surface area (Å²) in [7, 11) is -2.83. The number of carbonyl (C=O) groups is 2. The minimum absolute atomic E-state index is 0.0169. The van der Waals surface area contributed by atoms with Crippen LogP contribution in [0.1, 0.15) is 67.2 Å². The molecule has 1 heterocycles. The van der Waals surface area contributed by atoms with Crippen LogP contribution in [0.2, 0.25) is 0 Å². The van der Waals surface area contributed by atoms with Gasteiger partial charge < -0.3 is 19.1 Å². The van der Waals surface area contributed by atoms with E-state index in [0.29, 0.717) is 24.3 Å². The lowest BCUT2D eigenvalue weighted by Crippen LogP contribution is -2.34. The van der Waals surface area contributed by atoms with Crippen molar-refractivity contribution in [3.63, 3.8) is 0 Å². The van der Waals surface area contributed by atoms with Crippen LogP contribution in [0.3, 0.4) is 0 Å². The first-order valence-corrected chi connectivity index (χ1v) is 12.9. The third kappa shape index (κ3) is 5.58. The summed E-state index contributed by atoms with van der Waals surface area (Å²) in [4.78, 5) is 24.0. The molecule has 7 nitrogen and oxygen atoms in total. The summed E-state index contributed by atoms with van der Waals surface area (Å²) in [5, 5.41) is 13.8. The maximum absolute atomic E-state index is 13.3. The SMILES string of the molecule is CCOC(=O)[C@H](C)NP(=O)(CC)C/C(C)=C/Cc1c(O)c2c(c(C)c1CC)COC2=O. The Hall–Kier alpha value is -2.11. The molecule has 0 fully saturated rings. The maximum Gasteiger partial charge on any atom is 0.342 e. The van der Waals surface area contributed by atoms with Crippen molar-refractivity contribution >= 4 is 19.2 Å². The van der Waals surface area contributed by atoms with Crippen molar-refractivity contribution < 1.29 is 28.7 Å². The molecule has 0 amide bonds. The van der Waals surface area contributed by atoms with Gasteiger partial charge in [-0.15, -0.1) is 0 Å². The first-order chi connectivity index (χ1) is 14.6. The lowest BCUT2D eigenvalue weighted by Gasteiger charge is -2.22. The third-order valence-electron chi connectivity index (χ3n) is 5.74. The summed E-state index contributed by atoms with van der Waals surface area (Å²) in [5.74, 6) is -0.930. The molecule has 0 saturated heterocycles. The molecule has 1 aromatic rings. The highest BCUT2D eigenvalue weighted by Crippen LogP contribution is 2.43. The third-order valence-corrected chi connectivity index (χ3v) is 8.63. The van der Waals surface area contributed by atoms with E-state index in [9.17, 15) is 19.3 Å². The van der Waals surface area contributed by atoms with Crippen LogP contribution in [0.4, 0.5) is 0 Å². The van der Waals surface area contributed by atoms with Gasteiger partial charge in [0.05, 0.1) is 6.61 Å². The number of phenols is 1. The number of cyclic esters (lactones) is 1. The quantitative estimate of drug-likeness (QED) is 0.311. The minimum Gasteiger partial charge on any atom is -0.507 e. The van der Waals surface area contributed by atoms with E-state index in [1.807, 2.05) is 33.8 Å².